The van der Waals surface area contributed by atoms with Gasteiger partial charge in [0.2, 0.25) is 5.91 Å². The van der Waals surface area contributed by atoms with Gasteiger partial charge < -0.3 is 10.6 Å². The number of fused-ring (bicyclic) bond motifs is 1. The first-order valence-corrected chi connectivity index (χ1v) is 7.12. The van der Waals surface area contributed by atoms with E-state index in [2.05, 4.69) is 0 Å². The first-order valence-electron chi connectivity index (χ1n) is 7.12. The number of hydrogen-bond acceptors (Lipinski definition) is 2. The molecule has 3 rings (SSSR count). The molecule has 0 bridgehead atoms. The smallest absolute Gasteiger partial charge is 0.244 e. The van der Waals surface area contributed by atoms with Crippen LogP contribution in [0.1, 0.15) is 22.7 Å². The zero-order valence-corrected chi connectivity index (χ0v) is 11.9. The van der Waals surface area contributed by atoms with Gasteiger partial charge in [-0.3, -0.25) is 4.79 Å². The lowest BCUT2D eigenvalue weighted by Gasteiger charge is -2.31. The Bertz CT molecular complexity index is 703. The first kappa shape index (κ1) is 14.7. The second kappa shape index (κ2) is 5.85. The van der Waals surface area contributed by atoms with E-state index in [-0.39, 0.29) is 12.5 Å². The minimum atomic E-state index is -0.763. The number of nitrogens with two attached hydrogens (primary N) is 1. The van der Waals surface area contributed by atoms with Crippen LogP contribution in [-0.4, -0.2) is 17.4 Å². The summed E-state index contributed by atoms with van der Waals surface area (Å²) in [6, 6.07) is 10.5. The molecule has 1 heterocycles. The zero-order chi connectivity index (χ0) is 15.7. The van der Waals surface area contributed by atoms with Crippen molar-refractivity contribution in [3.63, 3.8) is 0 Å². The number of carbonyl (C=O) groups excluding carboxylic acids is 1. The Morgan fingerprint density at radius 1 is 1.18 bits per heavy atom. The van der Waals surface area contributed by atoms with Gasteiger partial charge in [0.15, 0.2) is 0 Å². The molecule has 0 radical (unpaired) electrons. The highest BCUT2D eigenvalue weighted by Crippen LogP contribution is 2.25. The largest absolute Gasteiger partial charge is 0.336 e. The molecule has 0 saturated heterocycles. The minimum absolute atomic E-state index is 0.184. The Kier molecular flexibility index (Phi) is 3.90. The van der Waals surface area contributed by atoms with Crippen LogP contribution in [0.2, 0.25) is 0 Å². The summed E-state index contributed by atoms with van der Waals surface area (Å²) < 4.78 is 27.1. The first-order chi connectivity index (χ1) is 10.6. The quantitative estimate of drug-likeness (QED) is 0.926. The molecule has 2 aromatic carbocycles. The highest BCUT2D eigenvalue weighted by Gasteiger charge is 2.27. The van der Waals surface area contributed by atoms with Crippen LogP contribution in [-0.2, 0) is 17.8 Å². The summed E-state index contributed by atoms with van der Waals surface area (Å²) in [6.45, 7) is 0.568. The highest BCUT2D eigenvalue weighted by atomic mass is 19.1. The van der Waals surface area contributed by atoms with E-state index in [0.717, 1.165) is 11.6 Å². The van der Waals surface area contributed by atoms with Crippen LogP contribution in [0.4, 0.5) is 8.78 Å². The van der Waals surface area contributed by atoms with Gasteiger partial charge in [0.25, 0.3) is 0 Å². The Morgan fingerprint density at radius 2 is 1.91 bits per heavy atom. The van der Waals surface area contributed by atoms with Crippen molar-refractivity contribution in [2.45, 2.75) is 19.0 Å². The summed E-state index contributed by atoms with van der Waals surface area (Å²) in [5.74, 6) is -1.41. The molecule has 1 aliphatic heterocycles. The van der Waals surface area contributed by atoms with Crippen molar-refractivity contribution >= 4 is 5.91 Å². The normalized spacial score (nSPS) is 15.3. The van der Waals surface area contributed by atoms with Crippen LogP contribution < -0.4 is 5.73 Å². The highest BCUT2D eigenvalue weighted by molar-refractivity contribution is 5.83. The molecule has 3 nitrogen and oxygen atoms in total. The van der Waals surface area contributed by atoms with E-state index in [9.17, 15) is 13.6 Å². The molecule has 5 heteroatoms. The summed E-state index contributed by atoms with van der Waals surface area (Å²) in [6.07, 6.45) is 0.370. The minimum Gasteiger partial charge on any atom is -0.336 e. The Hall–Kier alpha value is -2.27. The van der Waals surface area contributed by atoms with E-state index < -0.39 is 17.7 Å². The van der Waals surface area contributed by atoms with E-state index in [1.54, 1.807) is 17.0 Å². The van der Waals surface area contributed by atoms with Crippen molar-refractivity contribution in [2.24, 2.45) is 5.73 Å². The lowest BCUT2D eigenvalue weighted by molar-refractivity contribution is -0.133. The van der Waals surface area contributed by atoms with Crippen molar-refractivity contribution in [3.05, 3.63) is 70.8 Å². The van der Waals surface area contributed by atoms with Gasteiger partial charge in [0, 0.05) is 19.2 Å². The number of halogens is 2. The molecule has 0 saturated carbocycles. The molecule has 0 unspecified atom stereocenters. The van der Waals surface area contributed by atoms with Gasteiger partial charge in [0.05, 0.1) is 0 Å². The van der Waals surface area contributed by atoms with Gasteiger partial charge in [-0.25, -0.2) is 8.78 Å². The summed E-state index contributed by atoms with van der Waals surface area (Å²) in [4.78, 5) is 14.0. The Balaban J connectivity index is 1.81. The fraction of sp³-hybridized carbons (Fsp3) is 0.235. The predicted octanol–water partition coefficient (Wildman–Crippen LogP) is 2.55. The SMILES string of the molecule is N[C@H](C(=O)N1CCc2c(F)cc(F)cc2C1)c1ccccc1. The maximum absolute atomic E-state index is 13.7. The molecule has 0 aliphatic carbocycles. The van der Waals surface area contributed by atoms with Gasteiger partial charge in [-0.15, -0.1) is 0 Å². The van der Waals surface area contributed by atoms with Crippen molar-refractivity contribution < 1.29 is 13.6 Å². The zero-order valence-electron chi connectivity index (χ0n) is 11.9. The molecular weight excluding hydrogens is 286 g/mol. The molecule has 1 atom stereocenters. The second-order valence-electron chi connectivity index (χ2n) is 5.42. The second-order valence-corrected chi connectivity index (χ2v) is 5.42. The van der Waals surface area contributed by atoms with E-state index >= 15 is 0 Å². The molecule has 0 spiro atoms. The maximum atomic E-state index is 13.7. The number of carbonyl (C=O) groups is 1. The average molecular weight is 302 g/mol. The summed E-state index contributed by atoms with van der Waals surface area (Å²) in [5.41, 5.74) is 7.73. The maximum Gasteiger partial charge on any atom is 0.244 e. The van der Waals surface area contributed by atoms with Gasteiger partial charge in [-0.05, 0) is 29.2 Å². The third-order valence-electron chi connectivity index (χ3n) is 3.98. The van der Waals surface area contributed by atoms with Gasteiger partial charge in [-0.2, -0.15) is 0 Å². The van der Waals surface area contributed by atoms with Crippen molar-refractivity contribution in [1.29, 1.82) is 0 Å². The van der Waals surface area contributed by atoms with Crippen molar-refractivity contribution in [2.75, 3.05) is 6.54 Å². The van der Waals surface area contributed by atoms with Crippen LogP contribution in [0, 0.1) is 11.6 Å². The topological polar surface area (TPSA) is 46.3 Å². The predicted molar refractivity (Wildman–Crippen MR) is 78.8 cm³/mol. The van der Waals surface area contributed by atoms with Gasteiger partial charge in [-0.1, -0.05) is 30.3 Å². The van der Waals surface area contributed by atoms with Gasteiger partial charge >= 0.3 is 0 Å². The standard InChI is InChI=1S/C17H16F2N2O/c18-13-8-12-10-21(7-6-14(12)15(19)9-13)17(22)16(20)11-4-2-1-3-5-11/h1-5,8-9,16H,6-7,10,20H2/t16-/m0/s1. The van der Waals surface area contributed by atoms with E-state index in [1.807, 2.05) is 18.2 Å². The summed E-state index contributed by atoms with van der Waals surface area (Å²) in [7, 11) is 0. The molecule has 2 N–H and O–H groups in total. The monoisotopic (exact) mass is 302 g/mol. The molecule has 114 valence electrons. The van der Waals surface area contributed by atoms with Gasteiger partial charge in [0.1, 0.15) is 17.7 Å². The number of nitrogens with zero attached hydrogens (tertiary/aromatic N) is 1. The molecule has 1 aliphatic rings. The number of hydrogen-bond donors (Lipinski definition) is 1. The lowest BCUT2D eigenvalue weighted by atomic mass is 9.97. The van der Waals surface area contributed by atoms with Crippen LogP contribution in [0.25, 0.3) is 0 Å². The Morgan fingerprint density at radius 3 is 2.64 bits per heavy atom. The fourth-order valence-electron chi connectivity index (χ4n) is 2.80. The molecule has 0 fully saturated rings. The number of benzene rings is 2. The van der Waals surface area contributed by atoms with E-state index in [4.69, 9.17) is 5.73 Å². The molecule has 2 aromatic rings. The molecule has 22 heavy (non-hydrogen) atoms. The molecule has 0 aromatic heterocycles. The third-order valence-corrected chi connectivity index (χ3v) is 3.98. The lowest BCUT2D eigenvalue weighted by Crippen LogP contribution is -2.41. The number of rotatable bonds is 2. The summed E-state index contributed by atoms with van der Waals surface area (Å²) >= 11 is 0. The third kappa shape index (κ3) is 2.72. The molecular formula is C17H16F2N2O. The van der Waals surface area contributed by atoms with Crippen LogP contribution in [0.15, 0.2) is 42.5 Å². The van der Waals surface area contributed by atoms with Crippen molar-refractivity contribution in [3.8, 4) is 0 Å². The average Bonchev–Trinajstić information content (AvgIpc) is 2.53. The fourth-order valence-corrected chi connectivity index (χ4v) is 2.80. The molecule has 1 amide bonds. The van der Waals surface area contributed by atoms with E-state index in [1.165, 1.54) is 6.07 Å². The summed E-state index contributed by atoms with van der Waals surface area (Å²) in [5, 5.41) is 0. The van der Waals surface area contributed by atoms with Crippen LogP contribution in [0.5, 0.6) is 0 Å². The van der Waals surface area contributed by atoms with Crippen LogP contribution >= 0.6 is 0 Å². The van der Waals surface area contributed by atoms with Crippen molar-refractivity contribution in [1.82, 2.24) is 4.90 Å². The Labute approximate surface area is 127 Å². The van der Waals surface area contributed by atoms with Crippen LogP contribution in [0.3, 0.4) is 0 Å². The number of amides is 1. The van der Waals surface area contributed by atoms with E-state index in [0.29, 0.717) is 24.1 Å².